The summed E-state index contributed by atoms with van der Waals surface area (Å²) in [5, 5.41) is 15.7. The second-order valence-corrected chi connectivity index (χ2v) is 2.55. The molecule has 0 aliphatic heterocycles. The number of Topliss-reactive ketones (excluding diaryl/α,β-unsaturated/α-hetero) is 2. The Hall–Kier alpha value is -1.20. The number of ketones is 2. The van der Waals surface area contributed by atoms with E-state index in [9.17, 15) is 19.2 Å². The van der Waals surface area contributed by atoms with Crippen LogP contribution in [0.15, 0.2) is 0 Å². The van der Waals surface area contributed by atoms with Gasteiger partial charge < -0.3 is 10.2 Å². The Morgan fingerprint density at radius 3 is 1.00 bits per heavy atom. The molecule has 0 atom stereocenters. The van der Waals surface area contributed by atoms with Crippen LogP contribution < -0.4 is 0 Å². The van der Waals surface area contributed by atoms with E-state index in [-0.39, 0.29) is 41.5 Å². The molecule has 0 aromatic rings. The van der Waals surface area contributed by atoms with E-state index in [0.29, 0.717) is 0 Å². The molecular weight excluding hydrogens is 256 g/mol. The molecule has 0 amide bonds. The van der Waals surface area contributed by atoms with Gasteiger partial charge in [0.05, 0.1) is 0 Å². The first kappa shape index (κ1) is 19.4. The predicted molar refractivity (Wildman–Crippen MR) is 45.9 cm³/mol. The van der Waals surface area contributed by atoms with Crippen LogP contribution in [-0.4, -0.2) is 33.7 Å². The Morgan fingerprint density at radius 2 is 1.00 bits per heavy atom. The summed E-state index contributed by atoms with van der Waals surface area (Å²) in [6.07, 6.45) is -0.722. The number of carboxylic acid groups (broad SMARTS) is 2. The van der Waals surface area contributed by atoms with Crippen molar-refractivity contribution in [3.8, 4) is 0 Å². The Balaban J connectivity index is -0.000000180. The fraction of sp³-hybridized carbons (Fsp3) is 0.500. The van der Waals surface area contributed by atoms with Crippen molar-refractivity contribution in [2.45, 2.75) is 26.7 Å². The molecule has 1 radical (unpaired) electrons. The van der Waals surface area contributed by atoms with Gasteiger partial charge in [-0.25, -0.2) is 0 Å². The third-order valence-electron chi connectivity index (χ3n) is 0.800. The predicted octanol–water partition coefficient (Wildman–Crippen LogP) is 0.0977. The molecule has 0 aromatic heterocycles. The molecule has 0 aromatic carbocycles. The molecule has 91 valence electrons. The molecule has 0 spiro atoms. The van der Waals surface area contributed by atoms with Crippen molar-refractivity contribution in [1.29, 1.82) is 0 Å². The van der Waals surface area contributed by atoms with Gasteiger partial charge in [0.15, 0.2) is 0 Å². The maximum absolute atomic E-state index is 9.87. The first-order valence-electron chi connectivity index (χ1n) is 3.68. The number of hydrogen-bond donors (Lipinski definition) is 2. The molecule has 0 fully saturated rings. The van der Waals surface area contributed by atoms with E-state index in [1.165, 1.54) is 13.8 Å². The van der Waals surface area contributed by atoms with Gasteiger partial charge in [-0.1, -0.05) is 0 Å². The van der Waals surface area contributed by atoms with Crippen molar-refractivity contribution in [3.63, 3.8) is 0 Å². The fourth-order valence-electron chi connectivity index (χ4n) is 0.426. The molecule has 0 bridgehead atoms. The quantitative estimate of drug-likeness (QED) is 0.552. The van der Waals surface area contributed by atoms with Crippen LogP contribution in [-0.2, 0) is 36.2 Å². The molecule has 0 heterocycles. The third kappa shape index (κ3) is 32.3. The summed E-state index contributed by atoms with van der Waals surface area (Å²) in [5.41, 5.74) is 0. The van der Waals surface area contributed by atoms with Gasteiger partial charge in [0.25, 0.3) is 0 Å². The van der Waals surface area contributed by atoms with Crippen LogP contribution in [0.3, 0.4) is 0 Å². The zero-order valence-electron chi connectivity index (χ0n) is 8.24. The summed E-state index contributed by atoms with van der Waals surface area (Å²) in [6, 6.07) is 0. The van der Waals surface area contributed by atoms with Gasteiger partial charge in [0.1, 0.15) is 24.4 Å². The van der Waals surface area contributed by atoms with Crippen molar-refractivity contribution < 1.29 is 46.5 Å². The summed E-state index contributed by atoms with van der Waals surface area (Å²) < 4.78 is 0. The number of carboxylic acids is 2. The van der Waals surface area contributed by atoms with Crippen molar-refractivity contribution in [3.05, 3.63) is 0 Å². The molecule has 15 heavy (non-hydrogen) atoms. The third-order valence-corrected chi connectivity index (χ3v) is 0.800. The Morgan fingerprint density at radius 1 is 0.800 bits per heavy atom. The summed E-state index contributed by atoms with van der Waals surface area (Å²) in [4.78, 5) is 38.9. The Labute approximate surface area is 97.1 Å². The first-order chi connectivity index (χ1) is 6.25. The van der Waals surface area contributed by atoms with Crippen LogP contribution in [0.5, 0.6) is 0 Å². The number of rotatable bonds is 4. The van der Waals surface area contributed by atoms with Crippen LogP contribution in [0.1, 0.15) is 26.7 Å². The zero-order chi connectivity index (χ0) is 11.7. The minimum Gasteiger partial charge on any atom is -0.481 e. The largest absolute Gasteiger partial charge is 0.481 e. The number of hydrogen-bond acceptors (Lipinski definition) is 4. The minimum atomic E-state index is -1.06. The van der Waals surface area contributed by atoms with Crippen molar-refractivity contribution in [2.24, 2.45) is 0 Å². The van der Waals surface area contributed by atoms with E-state index in [1.807, 2.05) is 0 Å². The van der Waals surface area contributed by atoms with Crippen LogP contribution in [0.2, 0.25) is 0 Å². The molecule has 2 N–H and O–H groups in total. The smallest absolute Gasteiger partial charge is 0.310 e. The summed E-state index contributed by atoms with van der Waals surface area (Å²) in [7, 11) is 0. The maximum Gasteiger partial charge on any atom is 0.310 e. The van der Waals surface area contributed by atoms with E-state index in [1.54, 1.807) is 0 Å². The Bertz CT molecular complexity index is 198. The second-order valence-electron chi connectivity index (χ2n) is 2.55. The topological polar surface area (TPSA) is 109 Å². The molecule has 6 nitrogen and oxygen atoms in total. The van der Waals surface area contributed by atoms with Gasteiger partial charge in [-0.2, -0.15) is 0 Å². The first-order valence-corrected chi connectivity index (χ1v) is 3.68. The normalized spacial score (nSPS) is 7.60. The van der Waals surface area contributed by atoms with Crippen molar-refractivity contribution in [1.82, 2.24) is 0 Å². The molecule has 7 heteroatoms. The van der Waals surface area contributed by atoms with Gasteiger partial charge >= 0.3 is 11.9 Å². The van der Waals surface area contributed by atoms with Gasteiger partial charge in [-0.05, 0) is 13.8 Å². The average molecular weight is 268 g/mol. The SMILES string of the molecule is CC(=O)CC(=O)O.CC(=O)CC(=O)O.[Cu]. The molecular formula is C8H12CuO6. The Kier molecular flexibility index (Phi) is 14.1. The van der Waals surface area contributed by atoms with Gasteiger partial charge in [0, 0.05) is 17.1 Å². The summed E-state index contributed by atoms with van der Waals surface area (Å²) in [6.45, 7) is 2.49. The van der Waals surface area contributed by atoms with Gasteiger partial charge in [0.2, 0.25) is 0 Å². The fourth-order valence-corrected chi connectivity index (χ4v) is 0.426. The number of carbonyl (C=O) groups excluding carboxylic acids is 2. The van der Waals surface area contributed by atoms with E-state index < -0.39 is 11.9 Å². The van der Waals surface area contributed by atoms with E-state index in [4.69, 9.17) is 10.2 Å². The zero-order valence-corrected chi connectivity index (χ0v) is 9.18. The van der Waals surface area contributed by atoms with Crippen LogP contribution >= 0.6 is 0 Å². The van der Waals surface area contributed by atoms with Crippen LogP contribution in [0.25, 0.3) is 0 Å². The van der Waals surface area contributed by atoms with Gasteiger partial charge in [-0.3, -0.25) is 19.2 Å². The number of carbonyl (C=O) groups is 4. The molecule has 0 saturated heterocycles. The molecule has 0 aliphatic carbocycles. The van der Waals surface area contributed by atoms with Gasteiger partial charge in [-0.15, -0.1) is 0 Å². The number of aliphatic carboxylic acids is 2. The maximum atomic E-state index is 9.87. The van der Waals surface area contributed by atoms with E-state index in [2.05, 4.69) is 0 Å². The molecule has 0 aliphatic rings. The van der Waals surface area contributed by atoms with Crippen LogP contribution in [0, 0.1) is 0 Å². The average Bonchev–Trinajstić information content (AvgIpc) is 1.79. The standard InChI is InChI=1S/2C4H6O3.Cu/c2*1-3(5)2-4(6)7;/h2*2H2,1H3,(H,6,7);. The van der Waals surface area contributed by atoms with Crippen molar-refractivity contribution >= 4 is 23.5 Å². The second kappa shape index (κ2) is 10.9. The monoisotopic (exact) mass is 267 g/mol. The molecule has 0 rings (SSSR count). The summed E-state index contributed by atoms with van der Waals surface area (Å²) in [5.74, 6) is -2.75. The molecule has 0 unspecified atom stereocenters. The van der Waals surface area contributed by atoms with E-state index in [0.717, 1.165) is 0 Å². The minimum absolute atomic E-state index is 0. The van der Waals surface area contributed by atoms with Crippen molar-refractivity contribution in [2.75, 3.05) is 0 Å². The van der Waals surface area contributed by atoms with E-state index >= 15 is 0 Å². The van der Waals surface area contributed by atoms with Crippen LogP contribution in [0.4, 0.5) is 0 Å². The molecule has 0 saturated carbocycles. The summed E-state index contributed by atoms with van der Waals surface area (Å²) >= 11 is 0.